The molecule has 0 aliphatic carbocycles. The van der Waals surface area contributed by atoms with Crippen LogP contribution in [0.15, 0.2) is 49.1 Å². The molecule has 0 fully saturated rings. The standard InChI is InChI=1S/C19H26O5/c1-4-5-16(20)8-11-18(12-13-19(21)23-3)24-14-15-6-9-17(22-2)10-7-15/h4,6-7,9-10,12-13,16,18,20H,1,5,8,11,14H2,2-3H3/b13-12+/t16-,18+/m1/s1. The van der Waals surface area contributed by atoms with E-state index in [4.69, 9.17) is 9.47 Å². The first-order valence-corrected chi connectivity index (χ1v) is 7.88. The van der Waals surface area contributed by atoms with E-state index in [1.807, 2.05) is 24.3 Å². The molecule has 0 bridgehead atoms. The van der Waals surface area contributed by atoms with Gasteiger partial charge in [-0.1, -0.05) is 18.2 Å². The fourth-order valence-corrected chi connectivity index (χ4v) is 2.08. The minimum absolute atomic E-state index is 0.286. The average Bonchev–Trinajstić information content (AvgIpc) is 2.61. The molecule has 1 rings (SSSR count). The predicted octanol–water partition coefficient (Wildman–Crippen LogP) is 3.03. The lowest BCUT2D eigenvalue weighted by molar-refractivity contribution is -0.134. The lowest BCUT2D eigenvalue weighted by Crippen LogP contribution is -2.15. The zero-order valence-electron chi connectivity index (χ0n) is 14.3. The maximum absolute atomic E-state index is 11.3. The van der Waals surface area contributed by atoms with Crippen LogP contribution in [0.2, 0.25) is 0 Å². The van der Waals surface area contributed by atoms with E-state index >= 15 is 0 Å². The molecule has 0 saturated heterocycles. The highest BCUT2D eigenvalue weighted by Gasteiger charge is 2.10. The Morgan fingerprint density at radius 3 is 2.54 bits per heavy atom. The quantitative estimate of drug-likeness (QED) is 0.383. The van der Waals surface area contributed by atoms with Crippen LogP contribution in [0.1, 0.15) is 24.8 Å². The smallest absolute Gasteiger partial charge is 0.330 e. The first kappa shape index (κ1) is 19.9. The summed E-state index contributed by atoms with van der Waals surface area (Å²) >= 11 is 0. The van der Waals surface area contributed by atoms with Crippen molar-refractivity contribution < 1.29 is 24.1 Å². The first-order chi connectivity index (χ1) is 11.6. The van der Waals surface area contributed by atoms with Crippen LogP contribution in [0.3, 0.4) is 0 Å². The van der Waals surface area contributed by atoms with Crippen molar-refractivity contribution in [3.63, 3.8) is 0 Å². The van der Waals surface area contributed by atoms with E-state index < -0.39 is 12.1 Å². The first-order valence-electron chi connectivity index (χ1n) is 7.88. The van der Waals surface area contributed by atoms with Crippen molar-refractivity contribution in [3.05, 3.63) is 54.6 Å². The number of rotatable bonds is 11. The molecule has 132 valence electrons. The topological polar surface area (TPSA) is 65.0 Å². The van der Waals surface area contributed by atoms with E-state index in [1.165, 1.54) is 13.2 Å². The minimum Gasteiger partial charge on any atom is -0.497 e. The van der Waals surface area contributed by atoms with Crippen LogP contribution in [0.4, 0.5) is 0 Å². The normalized spacial score (nSPS) is 13.5. The molecule has 0 spiro atoms. The number of ether oxygens (including phenoxy) is 3. The Morgan fingerprint density at radius 1 is 1.25 bits per heavy atom. The van der Waals surface area contributed by atoms with Crippen LogP contribution < -0.4 is 4.74 Å². The molecule has 2 atom stereocenters. The van der Waals surface area contributed by atoms with E-state index in [2.05, 4.69) is 11.3 Å². The number of benzene rings is 1. The Balaban J connectivity index is 2.59. The zero-order valence-corrected chi connectivity index (χ0v) is 14.3. The van der Waals surface area contributed by atoms with Gasteiger partial charge in [-0.05, 0) is 43.0 Å². The SMILES string of the molecule is C=CC[C@@H](O)CC[C@@H](/C=C/C(=O)OC)OCc1ccc(OC)cc1. The molecule has 5 heteroatoms. The monoisotopic (exact) mass is 334 g/mol. The van der Waals surface area contributed by atoms with Gasteiger partial charge in [0, 0.05) is 6.08 Å². The van der Waals surface area contributed by atoms with Crippen molar-refractivity contribution >= 4 is 5.97 Å². The minimum atomic E-state index is -0.457. The molecular weight excluding hydrogens is 308 g/mol. The number of methoxy groups -OCH3 is 2. The largest absolute Gasteiger partial charge is 0.497 e. The average molecular weight is 334 g/mol. The molecule has 0 saturated carbocycles. The van der Waals surface area contributed by atoms with Gasteiger partial charge in [-0.15, -0.1) is 6.58 Å². The molecule has 1 N–H and O–H groups in total. The number of aliphatic hydroxyl groups excluding tert-OH is 1. The molecule has 0 aliphatic rings. The molecule has 0 amide bonds. The second-order valence-electron chi connectivity index (χ2n) is 5.34. The Labute approximate surface area is 143 Å². The molecule has 0 aliphatic heterocycles. The molecule has 0 unspecified atom stereocenters. The van der Waals surface area contributed by atoms with Crippen molar-refractivity contribution in [2.45, 2.75) is 38.1 Å². The number of carbonyl (C=O) groups excluding carboxylic acids is 1. The van der Waals surface area contributed by atoms with E-state index in [9.17, 15) is 9.90 Å². The van der Waals surface area contributed by atoms with Gasteiger partial charge in [0.25, 0.3) is 0 Å². The van der Waals surface area contributed by atoms with E-state index in [1.54, 1.807) is 19.3 Å². The molecule has 24 heavy (non-hydrogen) atoms. The van der Waals surface area contributed by atoms with Gasteiger partial charge >= 0.3 is 5.97 Å². The fourth-order valence-electron chi connectivity index (χ4n) is 2.08. The van der Waals surface area contributed by atoms with Crippen molar-refractivity contribution in [2.75, 3.05) is 14.2 Å². The maximum Gasteiger partial charge on any atom is 0.330 e. The highest BCUT2D eigenvalue weighted by molar-refractivity contribution is 5.81. The van der Waals surface area contributed by atoms with Crippen molar-refractivity contribution in [2.24, 2.45) is 0 Å². The van der Waals surface area contributed by atoms with Gasteiger partial charge in [0.05, 0.1) is 33.0 Å². The fraction of sp³-hybridized carbons (Fsp3) is 0.421. The van der Waals surface area contributed by atoms with E-state index in [-0.39, 0.29) is 6.10 Å². The summed E-state index contributed by atoms with van der Waals surface area (Å²) < 4.78 is 15.6. The summed E-state index contributed by atoms with van der Waals surface area (Å²) in [6.07, 6.45) is 5.64. The van der Waals surface area contributed by atoms with E-state index in [0.717, 1.165) is 11.3 Å². The van der Waals surface area contributed by atoms with Gasteiger partial charge in [0.15, 0.2) is 0 Å². The van der Waals surface area contributed by atoms with Gasteiger partial charge in [0.2, 0.25) is 0 Å². The summed E-state index contributed by atoms with van der Waals surface area (Å²) in [4.78, 5) is 11.3. The highest BCUT2D eigenvalue weighted by Crippen LogP contribution is 2.15. The second kappa shape index (κ2) is 11.4. The summed E-state index contributed by atoms with van der Waals surface area (Å²) in [5.74, 6) is 0.355. The van der Waals surface area contributed by atoms with Crippen LogP contribution in [-0.2, 0) is 20.9 Å². The summed E-state index contributed by atoms with van der Waals surface area (Å²) in [5, 5.41) is 9.81. The zero-order chi connectivity index (χ0) is 17.8. The molecule has 0 heterocycles. The summed E-state index contributed by atoms with van der Waals surface area (Å²) in [7, 11) is 2.95. The molecule has 5 nitrogen and oxygen atoms in total. The lowest BCUT2D eigenvalue weighted by atomic mass is 10.1. The third-order valence-electron chi connectivity index (χ3n) is 3.49. The predicted molar refractivity (Wildman–Crippen MR) is 92.8 cm³/mol. The number of aliphatic hydroxyl groups is 1. The van der Waals surface area contributed by atoms with Gasteiger partial charge < -0.3 is 19.3 Å². The van der Waals surface area contributed by atoms with Crippen molar-refractivity contribution in [1.82, 2.24) is 0 Å². The third kappa shape index (κ3) is 7.94. The third-order valence-corrected chi connectivity index (χ3v) is 3.49. The van der Waals surface area contributed by atoms with Crippen LogP contribution in [0.25, 0.3) is 0 Å². The van der Waals surface area contributed by atoms with Gasteiger partial charge in [-0.3, -0.25) is 0 Å². The van der Waals surface area contributed by atoms with E-state index in [0.29, 0.717) is 25.9 Å². The molecule has 0 radical (unpaired) electrons. The Kier molecular flexibility index (Phi) is 9.49. The maximum atomic E-state index is 11.3. The van der Waals surface area contributed by atoms with Crippen molar-refractivity contribution in [3.8, 4) is 5.75 Å². The van der Waals surface area contributed by atoms with Crippen LogP contribution in [-0.4, -0.2) is 37.5 Å². The molecule has 1 aromatic rings. The van der Waals surface area contributed by atoms with Gasteiger partial charge in [0.1, 0.15) is 5.75 Å². The molecule has 0 aromatic heterocycles. The van der Waals surface area contributed by atoms with Crippen LogP contribution >= 0.6 is 0 Å². The molecule has 1 aromatic carbocycles. The van der Waals surface area contributed by atoms with Gasteiger partial charge in [-0.2, -0.15) is 0 Å². The lowest BCUT2D eigenvalue weighted by Gasteiger charge is -2.16. The number of hydrogen-bond donors (Lipinski definition) is 1. The summed E-state index contributed by atoms with van der Waals surface area (Å²) in [6.45, 7) is 4.01. The Bertz CT molecular complexity index is 521. The number of carbonyl (C=O) groups is 1. The Hall–Kier alpha value is -2.11. The van der Waals surface area contributed by atoms with Gasteiger partial charge in [-0.25, -0.2) is 4.79 Å². The summed E-state index contributed by atoms with van der Waals surface area (Å²) in [5.41, 5.74) is 0.999. The summed E-state index contributed by atoms with van der Waals surface area (Å²) in [6, 6.07) is 7.58. The van der Waals surface area contributed by atoms with Crippen molar-refractivity contribution in [1.29, 1.82) is 0 Å². The van der Waals surface area contributed by atoms with Crippen LogP contribution in [0.5, 0.6) is 5.75 Å². The number of esters is 1. The second-order valence-corrected chi connectivity index (χ2v) is 5.34. The Morgan fingerprint density at radius 2 is 1.96 bits per heavy atom. The highest BCUT2D eigenvalue weighted by atomic mass is 16.5. The molecular formula is C19H26O5. The van der Waals surface area contributed by atoms with Crippen LogP contribution in [0, 0.1) is 0 Å². The number of hydrogen-bond acceptors (Lipinski definition) is 5.